The minimum atomic E-state index is 0.0998. The molecule has 1 saturated heterocycles. The van der Waals surface area contributed by atoms with Crippen LogP contribution >= 0.6 is 0 Å². The summed E-state index contributed by atoms with van der Waals surface area (Å²) in [6.07, 6.45) is 9.89. The van der Waals surface area contributed by atoms with E-state index in [1.54, 1.807) is 14.2 Å². The number of carbonyl (C=O) groups is 1. The lowest BCUT2D eigenvalue weighted by molar-refractivity contribution is -0.151. The van der Waals surface area contributed by atoms with Crippen molar-refractivity contribution in [2.75, 3.05) is 20.8 Å². The van der Waals surface area contributed by atoms with E-state index >= 15 is 0 Å². The molecule has 4 bridgehead atoms. The second-order valence-corrected chi connectivity index (χ2v) is 9.72. The zero-order valence-corrected chi connectivity index (χ0v) is 17.2. The number of rotatable bonds is 5. The molecule has 152 valence electrons. The van der Waals surface area contributed by atoms with E-state index in [0.717, 1.165) is 66.5 Å². The minimum Gasteiger partial charge on any atom is -0.497 e. The number of likely N-dealkylation sites (tertiary alicyclic amines) is 1. The molecular weight excluding hydrogens is 350 g/mol. The molecule has 1 atom stereocenters. The molecule has 0 N–H and O–H groups in total. The van der Waals surface area contributed by atoms with Gasteiger partial charge >= 0.3 is 0 Å². The van der Waals surface area contributed by atoms with Gasteiger partial charge in [-0.1, -0.05) is 0 Å². The Morgan fingerprint density at radius 2 is 1.54 bits per heavy atom. The van der Waals surface area contributed by atoms with Crippen LogP contribution in [-0.2, 0) is 11.2 Å². The highest BCUT2D eigenvalue weighted by atomic mass is 16.5. The van der Waals surface area contributed by atoms with Crippen LogP contribution < -0.4 is 9.47 Å². The third-order valence-corrected chi connectivity index (χ3v) is 8.01. The first-order valence-corrected chi connectivity index (χ1v) is 11.2. The average Bonchev–Trinajstić information content (AvgIpc) is 2.69. The molecule has 4 heteroatoms. The van der Waals surface area contributed by atoms with Crippen LogP contribution in [0.15, 0.2) is 18.2 Å². The highest BCUT2D eigenvalue weighted by Gasteiger charge is 2.51. The summed E-state index contributed by atoms with van der Waals surface area (Å²) >= 11 is 0. The van der Waals surface area contributed by atoms with E-state index in [9.17, 15) is 4.79 Å². The van der Waals surface area contributed by atoms with E-state index in [1.807, 2.05) is 6.07 Å². The van der Waals surface area contributed by atoms with E-state index in [4.69, 9.17) is 9.47 Å². The number of ether oxygens (including phenoxy) is 2. The Kier molecular flexibility index (Phi) is 4.76. The molecule has 1 unspecified atom stereocenters. The molecule has 0 radical (unpaired) electrons. The molecule has 4 saturated carbocycles. The first-order valence-electron chi connectivity index (χ1n) is 11.2. The van der Waals surface area contributed by atoms with Crippen molar-refractivity contribution < 1.29 is 14.3 Å². The molecule has 1 aromatic rings. The summed E-state index contributed by atoms with van der Waals surface area (Å²) in [6, 6.07) is 6.53. The fourth-order valence-electron chi connectivity index (χ4n) is 7.14. The number of amides is 1. The third-order valence-electron chi connectivity index (χ3n) is 8.01. The van der Waals surface area contributed by atoms with Crippen molar-refractivity contribution in [2.45, 2.75) is 57.4 Å². The van der Waals surface area contributed by atoms with Gasteiger partial charge in [0.2, 0.25) is 5.91 Å². The molecule has 1 aliphatic heterocycles. The molecule has 1 heterocycles. The quantitative estimate of drug-likeness (QED) is 0.760. The second-order valence-electron chi connectivity index (χ2n) is 9.72. The summed E-state index contributed by atoms with van der Waals surface area (Å²) in [4.78, 5) is 15.9. The zero-order chi connectivity index (χ0) is 19.3. The van der Waals surface area contributed by atoms with Crippen molar-refractivity contribution in [1.29, 1.82) is 0 Å². The molecule has 4 nitrogen and oxygen atoms in total. The Morgan fingerprint density at radius 3 is 2.11 bits per heavy atom. The molecule has 6 rings (SSSR count). The second kappa shape index (κ2) is 7.27. The van der Waals surface area contributed by atoms with Crippen LogP contribution in [0.25, 0.3) is 0 Å². The van der Waals surface area contributed by atoms with Crippen LogP contribution in [0.2, 0.25) is 0 Å². The van der Waals surface area contributed by atoms with Crippen LogP contribution in [0.3, 0.4) is 0 Å². The largest absolute Gasteiger partial charge is 0.497 e. The Balaban J connectivity index is 1.33. The lowest BCUT2D eigenvalue weighted by Crippen LogP contribution is -2.59. The molecule has 0 aromatic heterocycles. The van der Waals surface area contributed by atoms with Gasteiger partial charge in [-0.2, -0.15) is 0 Å². The van der Waals surface area contributed by atoms with Crippen LogP contribution in [0.1, 0.15) is 50.5 Å². The molecule has 28 heavy (non-hydrogen) atoms. The van der Waals surface area contributed by atoms with Crippen molar-refractivity contribution in [1.82, 2.24) is 4.90 Å². The Labute approximate surface area is 168 Å². The van der Waals surface area contributed by atoms with Gasteiger partial charge in [-0.15, -0.1) is 0 Å². The van der Waals surface area contributed by atoms with E-state index in [2.05, 4.69) is 17.0 Å². The normalized spacial score (nSPS) is 36.6. The van der Waals surface area contributed by atoms with Crippen molar-refractivity contribution >= 4 is 5.91 Å². The first kappa shape index (κ1) is 18.3. The van der Waals surface area contributed by atoms with Gasteiger partial charge in [0.25, 0.3) is 0 Å². The smallest absolute Gasteiger partial charge is 0.226 e. The van der Waals surface area contributed by atoms with Gasteiger partial charge in [0.05, 0.1) is 14.2 Å². The lowest BCUT2D eigenvalue weighted by Gasteiger charge is -2.58. The number of hydrogen-bond acceptors (Lipinski definition) is 3. The van der Waals surface area contributed by atoms with Gasteiger partial charge in [0.1, 0.15) is 11.5 Å². The Bertz CT molecular complexity index is 695. The number of piperidine rings is 1. The van der Waals surface area contributed by atoms with E-state index in [1.165, 1.54) is 32.1 Å². The summed E-state index contributed by atoms with van der Waals surface area (Å²) in [5.41, 5.74) is 1.14. The molecule has 4 aliphatic carbocycles. The van der Waals surface area contributed by atoms with Crippen molar-refractivity contribution in [3.05, 3.63) is 23.8 Å². The number of carbonyl (C=O) groups excluding carboxylic acids is 1. The van der Waals surface area contributed by atoms with Gasteiger partial charge in [-0.25, -0.2) is 0 Å². The number of benzene rings is 1. The fourth-order valence-corrected chi connectivity index (χ4v) is 7.14. The molecule has 0 spiro atoms. The molecule has 5 aliphatic rings. The van der Waals surface area contributed by atoms with Gasteiger partial charge in [0, 0.05) is 24.6 Å². The fraction of sp³-hybridized carbons (Fsp3) is 0.708. The molecule has 5 fully saturated rings. The molecular formula is C24H33NO3. The van der Waals surface area contributed by atoms with E-state index in [0.29, 0.717) is 11.9 Å². The Morgan fingerprint density at radius 1 is 0.929 bits per heavy atom. The SMILES string of the molecule is COc1cc(CC2CCCN(C3C4CC5CC(C4)CC3C5)C2=O)cc(OC)c1. The standard InChI is InChI=1S/C24H33NO3/c1-27-21-12-17(13-22(14-21)28-2)7-18-4-3-5-25(24(18)26)23-19-8-15-6-16(10-19)11-20(23)9-15/h12-16,18-20,23H,3-11H2,1-2H3. The lowest BCUT2D eigenvalue weighted by atomic mass is 9.53. The topological polar surface area (TPSA) is 38.8 Å². The average molecular weight is 384 g/mol. The van der Waals surface area contributed by atoms with Crippen molar-refractivity contribution in [3.8, 4) is 11.5 Å². The van der Waals surface area contributed by atoms with Gasteiger partial charge in [0.15, 0.2) is 0 Å². The summed E-state index contributed by atoms with van der Waals surface area (Å²) in [5, 5.41) is 0. The predicted molar refractivity (Wildman–Crippen MR) is 109 cm³/mol. The van der Waals surface area contributed by atoms with Crippen LogP contribution in [0, 0.1) is 29.6 Å². The van der Waals surface area contributed by atoms with Gasteiger partial charge in [-0.05, 0) is 92.7 Å². The number of hydrogen-bond donors (Lipinski definition) is 0. The van der Waals surface area contributed by atoms with Crippen LogP contribution in [0.5, 0.6) is 11.5 Å². The minimum absolute atomic E-state index is 0.0998. The van der Waals surface area contributed by atoms with Gasteiger partial charge in [-0.3, -0.25) is 4.79 Å². The van der Waals surface area contributed by atoms with Crippen LogP contribution in [-0.4, -0.2) is 37.6 Å². The van der Waals surface area contributed by atoms with Crippen molar-refractivity contribution in [2.24, 2.45) is 29.6 Å². The highest BCUT2D eigenvalue weighted by Crippen LogP contribution is 2.55. The first-order chi connectivity index (χ1) is 13.6. The van der Waals surface area contributed by atoms with E-state index in [-0.39, 0.29) is 5.92 Å². The Hall–Kier alpha value is -1.71. The number of nitrogens with zero attached hydrogens (tertiary/aromatic N) is 1. The summed E-state index contributed by atoms with van der Waals surface area (Å²) in [6.45, 7) is 0.976. The number of methoxy groups -OCH3 is 2. The van der Waals surface area contributed by atoms with Crippen molar-refractivity contribution in [3.63, 3.8) is 0 Å². The van der Waals surface area contributed by atoms with Gasteiger partial charge < -0.3 is 14.4 Å². The summed E-state index contributed by atoms with van der Waals surface area (Å²) < 4.78 is 10.8. The monoisotopic (exact) mass is 383 g/mol. The van der Waals surface area contributed by atoms with Crippen LogP contribution in [0.4, 0.5) is 0 Å². The molecule has 1 amide bonds. The predicted octanol–water partition coefficient (Wildman–Crippen LogP) is 4.31. The zero-order valence-electron chi connectivity index (χ0n) is 17.2. The third kappa shape index (κ3) is 3.19. The van der Waals surface area contributed by atoms with E-state index < -0.39 is 0 Å². The maximum Gasteiger partial charge on any atom is 0.226 e. The summed E-state index contributed by atoms with van der Waals surface area (Å²) in [7, 11) is 3.36. The summed E-state index contributed by atoms with van der Waals surface area (Å²) in [5.74, 6) is 5.57. The highest BCUT2D eigenvalue weighted by molar-refractivity contribution is 5.80. The maximum atomic E-state index is 13.5. The maximum absolute atomic E-state index is 13.5. The molecule has 1 aromatic carbocycles.